The minimum absolute atomic E-state index is 0.131. The third kappa shape index (κ3) is 13.7. The molecule has 0 unspecified atom stereocenters. The summed E-state index contributed by atoms with van der Waals surface area (Å²) in [5.41, 5.74) is 2.45. The Hall–Kier alpha value is -5.00. The number of hydrazone groups is 1. The molecule has 1 aliphatic carbocycles. The fourth-order valence-corrected chi connectivity index (χ4v) is 5.46. The van der Waals surface area contributed by atoms with Crippen molar-refractivity contribution in [3.63, 3.8) is 0 Å². The zero-order chi connectivity index (χ0) is 37.4. The lowest BCUT2D eigenvalue weighted by atomic mass is 9.81. The summed E-state index contributed by atoms with van der Waals surface area (Å²) < 4.78 is 16.5. The molecule has 17 nitrogen and oxygen atoms in total. The molecule has 2 aliphatic rings. The second-order valence-electron chi connectivity index (χ2n) is 12.4. The Morgan fingerprint density at radius 3 is 1.67 bits per heavy atom. The van der Waals surface area contributed by atoms with Gasteiger partial charge in [-0.1, -0.05) is 12.1 Å². The van der Waals surface area contributed by atoms with Gasteiger partial charge in [-0.3, -0.25) is 38.5 Å². The number of carboxylic acid groups (broad SMARTS) is 3. The van der Waals surface area contributed by atoms with E-state index in [4.69, 9.17) is 29.5 Å². The van der Waals surface area contributed by atoms with Gasteiger partial charge in [-0.05, 0) is 56.2 Å². The van der Waals surface area contributed by atoms with Crippen LogP contribution in [-0.4, -0.2) is 119 Å². The molecular weight excluding hydrogens is 672 g/mol. The second kappa shape index (κ2) is 20.0. The van der Waals surface area contributed by atoms with Gasteiger partial charge in [0, 0.05) is 30.2 Å². The standard InChI is InChI=1S/C34H44N4O13/c1-22(36-37-33(48)26-4-2-23(3-5-26)18-38-27(39)10-11-28(38)40)24-6-8-25(9-7-24)32(47)35-34(19-49-15-12-29(41)42,20-50-16-13-30(43)44)21-51-17-14-31(45)46/h6-11,23,26H,2-5,12-21H2,1H3,(H,35,47)(H,37,48)(H,41,42)(H,43,44)(H,45,46). The van der Waals surface area contributed by atoms with Gasteiger partial charge in [0.2, 0.25) is 5.91 Å². The highest BCUT2D eigenvalue weighted by atomic mass is 16.5. The van der Waals surface area contributed by atoms with Crippen molar-refractivity contribution in [2.24, 2.45) is 16.9 Å². The average Bonchev–Trinajstić information content (AvgIpc) is 3.41. The van der Waals surface area contributed by atoms with Crippen molar-refractivity contribution in [1.82, 2.24) is 15.6 Å². The number of rotatable bonds is 22. The van der Waals surface area contributed by atoms with Crippen molar-refractivity contribution in [2.75, 3.05) is 46.2 Å². The Labute approximate surface area is 294 Å². The van der Waals surface area contributed by atoms with E-state index < -0.39 is 29.4 Å². The Kier molecular flexibility index (Phi) is 15.9. The van der Waals surface area contributed by atoms with Gasteiger partial charge in [-0.15, -0.1) is 0 Å². The van der Waals surface area contributed by atoms with Crippen molar-refractivity contribution in [1.29, 1.82) is 0 Å². The molecular formula is C34H44N4O13. The molecule has 4 amide bonds. The van der Waals surface area contributed by atoms with Crippen molar-refractivity contribution >= 4 is 47.2 Å². The molecule has 5 N–H and O–H groups in total. The number of carbonyl (C=O) groups excluding carboxylic acids is 4. The fourth-order valence-electron chi connectivity index (χ4n) is 5.46. The van der Waals surface area contributed by atoms with Crippen LogP contribution in [0.25, 0.3) is 0 Å². The molecule has 0 bridgehead atoms. The zero-order valence-corrected chi connectivity index (χ0v) is 28.3. The van der Waals surface area contributed by atoms with Crippen LogP contribution in [-0.2, 0) is 43.0 Å². The Balaban J connectivity index is 1.61. The summed E-state index contributed by atoms with van der Waals surface area (Å²) in [5, 5.41) is 33.9. The summed E-state index contributed by atoms with van der Waals surface area (Å²) in [5.74, 6) is -4.91. The summed E-state index contributed by atoms with van der Waals surface area (Å²) in [7, 11) is 0. The van der Waals surface area contributed by atoms with Crippen LogP contribution in [0.4, 0.5) is 0 Å². The van der Waals surface area contributed by atoms with Crippen molar-refractivity contribution < 1.29 is 63.1 Å². The first-order valence-electron chi connectivity index (χ1n) is 16.5. The van der Waals surface area contributed by atoms with E-state index in [1.54, 1.807) is 19.1 Å². The summed E-state index contributed by atoms with van der Waals surface area (Å²) in [6.45, 7) is 0.557. The highest BCUT2D eigenvalue weighted by Gasteiger charge is 2.35. The first kappa shape index (κ1) is 40.4. The van der Waals surface area contributed by atoms with Crippen LogP contribution in [0.1, 0.15) is 67.8 Å². The molecule has 0 radical (unpaired) electrons. The van der Waals surface area contributed by atoms with Crippen LogP contribution in [0.15, 0.2) is 41.5 Å². The highest BCUT2D eigenvalue weighted by molar-refractivity contribution is 6.12. The number of hydrogen-bond acceptors (Lipinski definition) is 11. The number of nitrogens with one attached hydrogen (secondary N) is 2. The summed E-state index contributed by atoms with van der Waals surface area (Å²) in [4.78, 5) is 84.1. The predicted octanol–water partition coefficient (Wildman–Crippen LogP) is 1.20. The summed E-state index contributed by atoms with van der Waals surface area (Å²) in [6.07, 6.45) is 4.13. The highest BCUT2D eigenvalue weighted by Crippen LogP contribution is 2.30. The first-order valence-corrected chi connectivity index (χ1v) is 16.5. The largest absolute Gasteiger partial charge is 0.481 e. The number of benzene rings is 1. The van der Waals surface area contributed by atoms with Gasteiger partial charge in [-0.25, -0.2) is 5.43 Å². The van der Waals surface area contributed by atoms with Crippen LogP contribution in [0.5, 0.6) is 0 Å². The van der Waals surface area contributed by atoms with Crippen LogP contribution >= 0.6 is 0 Å². The monoisotopic (exact) mass is 716 g/mol. The second-order valence-corrected chi connectivity index (χ2v) is 12.4. The molecule has 1 aromatic carbocycles. The maximum atomic E-state index is 13.4. The maximum Gasteiger partial charge on any atom is 0.305 e. The van der Waals surface area contributed by atoms with Crippen molar-refractivity contribution in [3.8, 4) is 0 Å². The lowest BCUT2D eigenvalue weighted by Gasteiger charge is -2.34. The van der Waals surface area contributed by atoms with E-state index in [1.165, 1.54) is 29.2 Å². The number of amides is 4. The number of carboxylic acids is 3. The number of imide groups is 1. The van der Waals surface area contributed by atoms with Crippen LogP contribution in [0.3, 0.4) is 0 Å². The fraction of sp³-hybridized carbons (Fsp3) is 0.529. The van der Waals surface area contributed by atoms with Gasteiger partial charge in [-0.2, -0.15) is 5.10 Å². The van der Waals surface area contributed by atoms with E-state index in [9.17, 15) is 33.6 Å². The van der Waals surface area contributed by atoms with Crippen LogP contribution in [0.2, 0.25) is 0 Å². The van der Waals surface area contributed by atoms with E-state index >= 15 is 0 Å². The van der Waals surface area contributed by atoms with Gasteiger partial charge in [0.15, 0.2) is 0 Å². The smallest absolute Gasteiger partial charge is 0.305 e. The zero-order valence-electron chi connectivity index (χ0n) is 28.3. The Bertz CT molecular complexity index is 1410. The molecule has 1 aromatic rings. The molecule has 1 fully saturated rings. The third-order valence-corrected chi connectivity index (χ3v) is 8.35. The maximum absolute atomic E-state index is 13.4. The van der Waals surface area contributed by atoms with E-state index in [-0.39, 0.29) is 94.0 Å². The normalized spacial score (nSPS) is 17.7. The molecule has 278 valence electrons. The number of carbonyl (C=O) groups is 7. The molecule has 0 spiro atoms. The minimum atomic E-state index is -1.44. The van der Waals surface area contributed by atoms with Gasteiger partial charge in [0.25, 0.3) is 17.7 Å². The van der Waals surface area contributed by atoms with Gasteiger partial charge >= 0.3 is 17.9 Å². The van der Waals surface area contributed by atoms with Crippen LogP contribution < -0.4 is 10.7 Å². The summed E-state index contributed by atoms with van der Waals surface area (Å²) >= 11 is 0. The number of ether oxygens (including phenoxy) is 3. The molecule has 3 rings (SSSR count). The lowest BCUT2D eigenvalue weighted by molar-refractivity contribution is -0.140. The molecule has 17 heteroatoms. The van der Waals surface area contributed by atoms with E-state index in [1.807, 2.05) is 0 Å². The van der Waals surface area contributed by atoms with Gasteiger partial charge in [0.1, 0.15) is 5.54 Å². The Morgan fingerprint density at radius 1 is 0.765 bits per heavy atom. The SMILES string of the molecule is CC(=NNC(=O)C1CCC(CN2C(=O)C=CC2=O)CC1)c1ccc(C(=O)NC(COCCC(=O)O)(COCCC(=O)O)COCCC(=O)O)cc1. The van der Waals surface area contributed by atoms with Crippen molar-refractivity contribution in [3.05, 3.63) is 47.5 Å². The minimum Gasteiger partial charge on any atom is -0.481 e. The third-order valence-electron chi connectivity index (χ3n) is 8.35. The van der Waals surface area contributed by atoms with E-state index in [0.717, 1.165) is 0 Å². The molecule has 0 aromatic heterocycles. The van der Waals surface area contributed by atoms with Crippen molar-refractivity contribution in [2.45, 2.75) is 57.4 Å². The van der Waals surface area contributed by atoms with Gasteiger partial charge in [0.05, 0.1) is 64.6 Å². The summed E-state index contributed by atoms with van der Waals surface area (Å²) in [6, 6.07) is 6.28. The molecule has 1 aliphatic heterocycles. The van der Waals surface area contributed by atoms with E-state index in [2.05, 4.69) is 15.8 Å². The quantitative estimate of drug-likeness (QED) is 0.0491. The predicted molar refractivity (Wildman–Crippen MR) is 178 cm³/mol. The number of nitrogens with zero attached hydrogens (tertiary/aromatic N) is 2. The number of aliphatic carboxylic acids is 3. The average molecular weight is 717 g/mol. The number of hydrogen-bond donors (Lipinski definition) is 5. The first-order chi connectivity index (χ1) is 24.3. The molecule has 51 heavy (non-hydrogen) atoms. The molecule has 0 atom stereocenters. The lowest BCUT2D eigenvalue weighted by Crippen LogP contribution is -2.58. The van der Waals surface area contributed by atoms with E-state index in [0.29, 0.717) is 43.5 Å². The van der Waals surface area contributed by atoms with Crippen LogP contribution in [0, 0.1) is 11.8 Å². The molecule has 1 heterocycles. The topological polar surface area (TPSA) is 248 Å². The Morgan fingerprint density at radius 2 is 1.22 bits per heavy atom. The molecule has 1 saturated carbocycles. The van der Waals surface area contributed by atoms with Gasteiger partial charge < -0.3 is 34.8 Å². The molecule has 0 saturated heterocycles.